The molecular weight excluding hydrogens is 298 g/mol. The molecule has 5 nitrogen and oxygen atoms in total. The monoisotopic (exact) mass is 331 g/mol. The van der Waals surface area contributed by atoms with E-state index < -0.39 is 11.6 Å². The molecule has 4 N–H and O–H groups in total. The molecule has 0 aromatic rings. The molecule has 0 saturated carbocycles. The van der Waals surface area contributed by atoms with Crippen LogP contribution in [0.4, 0.5) is 0 Å². The van der Waals surface area contributed by atoms with Gasteiger partial charge in [0.25, 0.3) is 0 Å². The van der Waals surface area contributed by atoms with E-state index in [1.807, 2.05) is 20.8 Å². The molecule has 0 aromatic heterocycles. The normalized spacial score (nSPS) is 20.6. The van der Waals surface area contributed by atoms with E-state index in [1.165, 1.54) is 12.8 Å². The van der Waals surface area contributed by atoms with Gasteiger partial charge in [-0.3, -0.25) is 4.79 Å². The molecule has 0 aromatic carbocycles. The highest BCUT2D eigenvalue weighted by Crippen LogP contribution is 2.28. The Bertz CT molecular complexity index is 344. The molecule has 2 atom stereocenters. The second-order valence-corrected chi connectivity index (χ2v) is 7.78. The lowest BCUT2D eigenvalue weighted by atomic mass is 9.96. The van der Waals surface area contributed by atoms with Crippen LogP contribution in [0.3, 0.4) is 0 Å². The molecule has 1 saturated heterocycles. The largest absolute Gasteiger partial charge is 0.457 e. The van der Waals surface area contributed by atoms with Crippen molar-refractivity contribution in [1.82, 2.24) is 4.90 Å². The molecule has 0 aliphatic carbocycles. The zero-order valence-electron chi connectivity index (χ0n) is 14.5. The summed E-state index contributed by atoms with van der Waals surface area (Å²) in [6.45, 7) is 9.75. The topological polar surface area (TPSA) is 81.6 Å². The zero-order valence-corrected chi connectivity index (χ0v) is 15.3. The highest BCUT2D eigenvalue weighted by atomic mass is 32.2. The third-order valence-corrected chi connectivity index (χ3v) is 5.92. The van der Waals surface area contributed by atoms with Crippen LogP contribution < -0.4 is 11.5 Å². The fourth-order valence-corrected chi connectivity index (χ4v) is 3.76. The molecular formula is C16H33N3O2S. The summed E-state index contributed by atoms with van der Waals surface area (Å²) in [6.07, 6.45) is 5.01. The number of esters is 1. The Hall–Kier alpha value is -0.300. The van der Waals surface area contributed by atoms with E-state index >= 15 is 0 Å². The van der Waals surface area contributed by atoms with Gasteiger partial charge in [0, 0.05) is 6.54 Å². The van der Waals surface area contributed by atoms with Gasteiger partial charge in [-0.2, -0.15) is 11.8 Å². The van der Waals surface area contributed by atoms with Crippen molar-refractivity contribution >= 4 is 17.7 Å². The smallest absolute Gasteiger partial charge is 0.323 e. The van der Waals surface area contributed by atoms with Crippen molar-refractivity contribution in [3.63, 3.8) is 0 Å². The van der Waals surface area contributed by atoms with Crippen LogP contribution in [0.1, 0.15) is 40.0 Å². The van der Waals surface area contributed by atoms with Crippen LogP contribution in [0.2, 0.25) is 0 Å². The van der Waals surface area contributed by atoms with Crippen molar-refractivity contribution in [3.8, 4) is 0 Å². The maximum Gasteiger partial charge on any atom is 0.323 e. The van der Waals surface area contributed by atoms with Crippen LogP contribution in [-0.4, -0.2) is 60.2 Å². The van der Waals surface area contributed by atoms with Crippen LogP contribution in [0.25, 0.3) is 0 Å². The predicted molar refractivity (Wildman–Crippen MR) is 94.0 cm³/mol. The molecule has 6 heteroatoms. The lowest BCUT2D eigenvalue weighted by molar-refractivity contribution is -0.158. The van der Waals surface area contributed by atoms with Crippen molar-refractivity contribution in [3.05, 3.63) is 0 Å². The van der Waals surface area contributed by atoms with Gasteiger partial charge in [0.2, 0.25) is 0 Å². The standard InChI is InChI=1S/C16H33N3O2S/c1-5-13(18)15(20)21-16(2,3)14(22-4)11-19-8-6-12(10-17)7-9-19/h12-14H,5-11,17-18H2,1-4H3/t13?,14-/m0/s1. The van der Waals surface area contributed by atoms with Crippen molar-refractivity contribution < 1.29 is 9.53 Å². The maximum absolute atomic E-state index is 12.0. The van der Waals surface area contributed by atoms with E-state index in [9.17, 15) is 4.79 Å². The summed E-state index contributed by atoms with van der Waals surface area (Å²) in [5.41, 5.74) is 11.0. The number of nitrogens with zero attached hydrogens (tertiary/aromatic N) is 1. The van der Waals surface area contributed by atoms with Gasteiger partial charge in [-0.05, 0) is 64.9 Å². The molecule has 22 heavy (non-hydrogen) atoms. The first-order chi connectivity index (χ1) is 10.3. The summed E-state index contributed by atoms with van der Waals surface area (Å²) >= 11 is 1.75. The Morgan fingerprint density at radius 3 is 2.45 bits per heavy atom. The Balaban J connectivity index is 2.56. The second kappa shape index (κ2) is 9.11. The van der Waals surface area contributed by atoms with Crippen LogP contribution in [0.15, 0.2) is 0 Å². The minimum Gasteiger partial charge on any atom is -0.457 e. The fourth-order valence-electron chi connectivity index (χ4n) is 2.78. The first kappa shape index (κ1) is 19.7. The first-order valence-electron chi connectivity index (χ1n) is 8.27. The van der Waals surface area contributed by atoms with Crippen LogP contribution in [-0.2, 0) is 9.53 Å². The number of piperidine rings is 1. The average molecular weight is 332 g/mol. The summed E-state index contributed by atoms with van der Waals surface area (Å²) < 4.78 is 5.70. The summed E-state index contributed by atoms with van der Waals surface area (Å²) in [5, 5.41) is 0.231. The number of ether oxygens (including phenoxy) is 1. The molecule has 0 spiro atoms. The van der Waals surface area contributed by atoms with Crippen LogP contribution in [0.5, 0.6) is 0 Å². The Labute approximate surface area is 139 Å². The highest BCUT2D eigenvalue weighted by Gasteiger charge is 2.35. The van der Waals surface area contributed by atoms with Gasteiger partial charge in [0.15, 0.2) is 0 Å². The van der Waals surface area contributed by atoms with Gasteiger partial charge in [-0.15, -0.1) is 0 Å². The molecule has 0 bridgehead atoms. The highest BCUT2D eigenvalue weighted by molar-refractivity contribution is 7.99. The van der Waals surface area contributed by atoms with E-state index in [1.54, 1.807) is 11.8 Å². The molecule has 1 rings (SSSR count). The van der Waals surface area contributed by atoms with E-state index in [4.69, 9.17) is 16.2 Å². The fraction of sp³-hybridized carbons (Fsp3) is 0.938. The third kappa shape index (κ3) is 5.72. The summed E-state index contributed by atoms with van der Waals surface area (Å²) in [7, 11) is 0. The lowest BCUT2D eigenvalue weighted by Gasteiger charge is -2.39. The van der Waals surface area contributed by atoms with Gasteiger partial charge in [-0.25, -0.2) is 0 Å². The Morgan fingerprint density at radius 2 is 2.00 bits per heavy atom. The minimum atomic E-state index is -0.526. The van der Waals surface area contributed by atoms with E-state index in [0.717, 1.165) is 26.2 Å². The summed E-state index contributed by atoms with van der Waals surface area (Å²) in [6, 6.07) is -0.526. The maximum atomic E-state index is 12.0. The molecule has 1 aliphatic heterocycles. The van der Waals surface area contributed by atoms with E-state index in [2.05, 4.69) is 11.2 Å². The SMILES string of the molecule is CCC(N)C(=O)OC(C)(C)[C@H](CN1CCC(CN)CC1)SC. The third-order valence-electron chi connectivity index (χ3n) is 4.63. The molecule has 1 unspecified atom stereocenters. The number of nitrogens with two attached hydrogens (primary N) is 2. The van der Waals surface area contributed by atoms with Crippen LogP contribution >= 0.6 is 11.8 Å². The molecule has 0 radical (unpaired) electrons. The second-order valence-electron chi connectivity index (χ2n) is 6.74. The Kier molecular flexibility index (Phi) is 8.17. The minimum absolute atomic E-state index is 0.231. The molecule has 1 fully saturated rings. The quantitative estimate of drug-likeness (QED) is 0.655. The number of thioether (sulfide) groups is 1. The Morgan fingerprint density at radius 1 is 1.41 bits per heavy atom. The number of carbonyl (C=O) groups excluding carboxylic acids is 1. The lowest BCUT2D eigenvalue weighted by Crippen LogP contribution is -2.49. The van der Waals surface area contributed by atoms with Gasteiger partial charge in [-0.1, -0.05) is 6.92 Å². The molecule has 1 heterocycles. The van der Waals surface area contributed by atoms with E-state index in [-0.39, 0.29) is 11.2 Å². The number of likely N-dealkylation sites (tertiary alicyclic amines) is 1. The number of carbonyl (C=O) groups is 1. The van der Waals surface area contributed by atoms with E-state index in [0.29, 0.717) is 12.3 Å². The molecule has 1 aliphatic rings. The van der Waals surface area contributed by atoms with Crippen molar-refractivity contribution in [2.24, 2.45) is 17.4 Å². The summed E-state index contributed by atoms with van der Waals surface area (Å²) in [5.74, 6) is 0.366. The van der Waals surface area contributed by atoms with Crippen molar-refractivity contribution in [2.45, 2.75) is 56.9 Å². The van der Waals surface area contributed by atoms with Gasteiger partial charge < -0.3 is 21.1 Å². The van der Waals surface area contributed by atoms with Crippen LogP contribution in [0, 0.1) is 5.92 Å². The number of rotatable bonds is 8. The first-order valence-corrected chi connectivity index (χ1v) is 9.56. The average Bonchev–Trinajstić information content (AvgIpc) is 2.51. The summed E-state index contributed by atoms with van der Waals surface area (Å²) in [4.78, 5) is 14.5. The van der Waals surface area contributed by atoms with Crippen molar-refractivity contribution in [1.29, 1.82) is 0 Å². The van der Waals surface area contributed by atoms with Crippen molar-refractivity contribution in [2.75, 3.05) is 32.4 Å². The number of hydrogen-bond donors (Lipinski definition) is 2. The predicted octanol–water partition coefficient (Wildman–Crippen LogP) is 1.45. The van der Waals surface area contributed by atoms with Gasteiger partial charge in [0.05, 0.1) is 5.25 Å². The number of hydrogen-bond acceptors (Lipinski definition) is 6. The van der Waals surface area contributed by atoms with Gasteiger partial charge >= 0.3 is 5.97 Å². The molecule has 130 valence electrons. The molecule has 0 amide bonds. The zero-order chi connectivity index (χ0) is 16.8. The van der Waals surface area contributed by atoms with Gasteiger partial charge in [0.1, 0.15) is 11.6 Å².